The van der Waals surface area contributed by atoms with Crippen molar-refractivity contribution in [1.82, 2.24) is 0 Å². The maximum absolute atomic E-state index is 10.2. The SMILES string of the molecule is O=[PH](O)OCc1ccccc1Br. The first-order valence-corrected chi connectivity index (χ1v) is 5.35. The van der Waals surface area contributed by atoms with Gasteiger partial charge in [-0.3, -0.25) is 4.57 Å². The van der Waals surface area contributed by atoms with Crippen LogP contribution in [0.3, 0.4) is 0 Å². The second kappa shape index (κ2) is 4.77. The topological polar surface area (TPSA) is 46.5 Å². The number of halogens is 1. The van der Waals surface area contributed by atoms with Crippen LogP contribution in [0.2, 0.25) is 0 Å². The lowest BCUT2D eigenvalue weighted by molar-refractivity contribution is 0.272. The lowest BCUT2D eigenvalue weighted by Crippen LogP contribution is -1.86. The predicted octanol–water partition coefficient (Wildman–Crippen LogP) is 2.35. The second-order valence-electron chi connectivity index (χ2n) is 2.15. The minimum Gasteiger partial charge on any atom is -0.326 e. The number of rotatable bonds is 3. The van der Waals surface area contributed by atoms with E-state index in [0.29, 0.717) is 0 Å². The van der Waals surface area contributed by atoms with Gasteiger partial charge in [0.25, 0.3) is 0 Å². The summed E-state index contributed by atoms with van der Waals surface area (Å²) in [5.41, 5.74) is 0.866. The zero-order valence-electron chi connectivity index (χ0n) is 6.16. The van der Waals surface area contributed by atoms with Gasteiger partial charge in [-0.2, -0.15) is 0 Å². The average molecular weight is 251 g/mol. The Morgan fingerprint density at radius 1 is 1.50 bits per heavy atom. The van der Waals surface area contributed by atoms with Crippen molar-refractivity contribution >= 4 is 24.2 Å². The van der Waals surface area contributed by atoms with Crippen molar-refractivity contribution in [3.05, 3.63) is 34.3 Å². The Morgan fingerprint density at radius 3 is 2.75 bits per heavy atom. The van der Waals surface area contributed by atoms with Crippen LogP contribution in [0.5, 0.6) is 0 Å². The van der Waals surface area contributed by atoms with E-state index in [4.69, 9.17) is 4.89 Å². The molecule has 0 aromatic heterocycles. The predicted molar refractivity (Wildman–Crippen MR) is 50.2 cm³/mol. The molecule has 66 valence electrons. The van der Waals surface area contributed by atoms with Gasteiger partial charge in [-0.25, -0.2) is 0 Å². The van der Waals surface area contributed by atoms with Gasteiger partial charge in [-0.15, -0.1) is 0 Å². The Bertz CT molecular complexity index is 290. The van der Waals surface area contributed by atoms with Crippen LogP contribution >= 0.6 is 24.2 Å². The van der Waals surface area contributed by atoms with Crippen LogP contribution in [0.1, 0.15) is 5.56 Å². The summed E-state index contributed by atoms with van der Waals surface area (Å²) >= 11 is 3.29. The number of benzene rings is 1. The highest BCUT2D eigenvalue weighted by atomic mass is 79.9. The molecule has 0 aliphatic carbocycles. The maximum atomic E-state index is 10.2. The molecule has 1 aromatic carbocycles. The quantitative estimate of drug-likeness (QED) is 0.838. The van der Waals surface area contributed by atoms with Crippen molar-refractivity contribution in [3.8, 4) is 0 Å². The summed E-state index contributed by atoms with van der Waals surface area (Å²) in [6, 6.07) is 7.40. The first kappa shape index (κ1) is 9.93. The smallest absolute Gasteiger partial charge is 0.316 e. The third-order valence-electron chi connectivity index (χ3n) is 1.31. The summed E-state index contributed by atoms with van der Waals surface area (Å²) in [4.78, 5) is 8.41. The van der Waals surface area contributed by atoms with Crippen molar-refractivity contribution in [2.45, 2.75) is 6.61 Å². The highest BCUT2D eigenvalue weighted by molar-refractivity contribution is 9.10. The standard InChI is InChI=1S/C7H8BrO3P/c8-7-4-2-1-3-6(7)5-11-12(9)10/h1-4,12H,5H2,(H,9,10). The summed E-state index contributed by atoms with van der Waals surface area (Å²) in [5, 5.41) is 0. The molecule has 5 heteroatoms. The van der Waals surface area contributed by atoms with Gasteiger partial charge in [0.1, 0.15) is 0 Å². The lowest BCUT2D eigenvalue weighted by atomic mass is 10.2. The molecular formula is C7H8BrO3P. The van der Waals surface area contributed by atoms with Crippen LogP contribution in [0, 0.1) is 0 Å². The molecule has 1 N–H and O–H groups in total. The van der Waals surface area contributed by atoms with Crippen molar-refractivity contribution in [2.24, 2.45) is 0 Å². The van der Waals surface area contributed by atoms with Gasteiger partial charge in [0, 0.05) is 4.47 Å². The minimum absolute atomic E-state index is 0.162. The Labute approximate surface area is 79.4 Å². The van der Waals surface area contributed by atoms with E-state index in [1.54, 1.807) is 0 Å². The van der Waals surface area contributed by atoms with Gasteiger partial charge < -0.3 is 9.42 Å². The van der Waals surface area contributed by atoms with Crippen molar-refractivity contribution < 1.29 is 14.0 Å². The molecule has 0 amide bonds. The van der Waals surface area contributed by atoms with Gasteiger partial charge in [-0.05, 0) is 11.6 Å². The molecule has 0 fully saturated rings. The van der Waals surface area contributed by atoms with Gasteiger partial charge in [-0.1, -0.05) is 34.1 Å². The zero-order chi connectivity index (χ0) is 8.97. The maximum Gasteiger partial charge on any atom is 0.316 e. The van der Waals surface area contributed by atoms with Gasteiger partial charge in [0.2, 0.25) is 0 Å². The Balaban J connectivity index is 2.63. The fourth-order valence-corrected chi connectivity index (χ4v) is 1.43. The molecule has 1 atom stereocenters. The third kappa shape index (κ3) is 3.07. The molecule has 0 radical (unpaired) electrons. The van der Waals surface area contributed by atoms with E-state index < -0.39 is 8.25 Å². The summed E-state index contributed by atoms with van der Waals surface area (Å²) in [6.07, 6.45) is 0. The molecule has 0 aliphatic rings. The van der Waals surface area contributed by atoms with E-state index in [2.05, 4.69) is 20.5 Å². The molecule has 3 nitrogen and oxygen atoms in total. The van der Waals surface area contributed by atoms with E-state index in [-0.39, 0.29) is 6.61 Å². The minimum atomic E-state index is -2.82. The van der Waals surface area contributed by atoms with Crippen LogP contribution in [0.25, 0.3) is 0 Å². The van der Waals surface area contributed by atoms with Gasteiger partial charge in [0.05, 0.1) is 6.61 Å². The summed E-state index contributed by atoms with van der Waals surface area (Å²) in [7, 11) is -2.82. The highest BCUT2D eigenvalue weighted by Gasteiger charge is 1.99. The molecule has 0 saturated carbocycles. The zero-order valence-corrected chi connectivity index (χ0v) is 8.74. The summed E-state index contributed by atoms with van der Waals surface area (Å²) in [5.74, 6) is 0. The average Bonchev–Trinajstić information content (AvgIpc) is 2.03. The van der Waals surface area contributed by atoms with E-state index in [9.17, 15) is 4.57 Å². The summed E-state index contributed by atoms with van der Waals surface area (Å²) in [6.45, 7) is 0.162. The Hall–Kier alpha value is -0.150. The van der Waals surface area contributed by atoms with E-state index >= 15 is 0 Å². The fourth-order valence-electron chi connectivity index (χ4n) is 0.755. The molecule has 12 heavy (non-hydrogen) atoms. The molecule has 0 bridgehead atoms. The molecule has 1 unspecified atom stereocenters. The van der Waals surface area contributed by atoms with Crippen molar-refractivity contribution in [3.63, 3.8) is 0 Å². The van der Waals surface area contributed by atoms with Crippen LogP contribution in [-0.2, 0) is 15.7 Å². The van der Waals surface area contributed by atoms with E-state index in [1.807, 2.05) is 24.3 Å². The van der Waals surface area contributed by atoms with Crippen molar-refractivity contribution in [2.75, 3.05) is 0 Å². The highest BCUT2D eigenvalue weighted by Crippen LogP contribution is 2.22. The fraction of sp³-hybridized carbons (Fsp3) is 0.143. The third-order valence-corrected chi connectivity index (χ3v) is 2.47. The van der Waals surface area contributed by atoms with Crippen LogP contribution in [0.4, 0.5) is 0 Å². The van der Waals surface area contributed by atoms with E-state index in [0.717, 1.165) is 10.0 Å². The molecule has 1 aromatic rings. The molecule has 0 saturated heterocycles. The molecule has 0 spiro atoms. The lowest BCUT2D eigenvalue weighted by Gasteiger charge is -2.02. The van der Waals surface area contributed by atoms with Gasteiger partial charge in [0.15, 0.2) is 0 Å². The number of hydrogen-bond donors (Lipinski definition) is 1. The number of hydrogen-bond acceptors (Lipinski definition) is 2. The Kier molecular flexibility index (Phi) is 3.95. The van der Waals surface area contributed by atoms with Crippen LogP contribution < -0.4 is 0 Å². The first-order chi connectivity index (χ1) is 5.70. The Morgan fingerprint density at radius 2 is 2.17 bits per heavy atom. The van der Waals surface area contributed by atoms with Crippen LogP contribution in [0.15, 0.2) is 28.7 Å². The van der Waals surface area contributed by atoms with E-state index in [1.165, 1.54) is 0 Å². The van der Waals surface area contributed by atoms with Crippen molar-refractivity contribution in [1.29, 1.82) is 0 Å². The van der Waals surface area contributed by atoms with Crippen LogP contribution in [-0.4, -0.2) is 4.89 Å². The molecule has 1 rings (SSSR count). The second-order valence-corrected chi connectivity index (χ2v) is 3.82. The summed E-state index contributed by atoms with van der Waals surface area (Å²) < 4.78 is 15.7. The molecule has 0 heterocycles. The molecule has 0 aliphatic heterocycles. The van der Waals surface area contributed by atoms with Gasteiger partial charge >= 0.3 is 8.25 Å². The first-order valence-electron chi connectivity index (χ1n) is 3.29. The normalized spacial score (nSPS) is 12.8. The monoisotopic (exact) mass is 250 g/mol. The largest absolute Gasteiger partial charge is 0.326 e. The molecular weight excluding hydrogens is 243 g/mol.